The van der Waals surface area contributed by atoms with Crippen LogP contribution in [0.15, 0.2) is 64.2 Å². The Morgan fingerprint density at radius 1 is 1.09 bits per heavy atom. The fourth-order valence-corrected chi connectivity index (χ4v) is 4.91. The molecule has 1 aliphatic rings. The maximum atomic E-state index is 12.7. The van der Waals surface area contributed by atoms with Crippen LogP contribution in [0, 0.1) is 13.8 Å². The molecule has 0 bridgehead atoms. The summed E-state index contributed by atoms with van der Waals surface area (Å²) in [5.41, 5.74) is 4.17. The summed E-state index contributed by atoms with van der Waals surface area (Å²) in [6.07, 6.45) is 0. The summed E-state index contributed by atoms with van der Waals surface area (Å²) in [6, 6.07) is 16.5. The Bertz CT molecular complexity index is 1440. The molecule has 0 aliphatic carbocycles. The predicted molar refractivity (Wildman–Crippen MR) is 138 cm³/mol. The van der Waals surface area contributed by atoms with Gasteiger partial charge in [-0.1, -0.05) is 45.4 Å². The molecule has 35 heavy (non-hydrogen) atoms. The van der Waals surface area contributed by atoms with Gasteiger partial charge in [-0.05, 0) is 55.8 Å². The molecule has 0 saturated heterocycles. The summed E-state index contributed by atoms with van der Waals surface area (Å²) >= 11 is 4.72. The zero-order valence-electron chi connectivity index (χ0n) is 18.9. The summed E-state index contributed by atoms with van der Waals surface area (Å²) in [6.45, 7) is 4.21. The molecule has 2 N–H and O–H groups in total. The van der Waals surface area contributed by atoms with Gasteiger partial charge < -0.3 is 19.9 Å². The Morgan fingerprint density at radius 3 is 2.74 bits per heavy atom. The van der Waals surface area contributed by atoms with Crippen molar-refractivity contribution >= 4 is 39.3 Å². The summed E-state index contributed by atoms with van der Waals surface area (Å²) in [5.74, 6) is 1.74. The molecule has 1 aromatic heterocycles. The Balaban J connectivity index is 1.44. The van der Waals surface area contributed by atoms with Crippen LogP contribution in [0.25, 0.3) is 17.1 Å². The van der Waals surface area contributed by atoms with E-state index in [1.165, 1.54) is 11.8 Å². The Morgan fingerprint density at radius 2 is 1.91 bits per heavy atom. The third kappa shape index (κ3) is 4.85. The van der Waals surface area contributed by atoms with E-state index in [9.17, 15) is 9.90 Å². The number of hydrogen-bond acceptors (Lipinski definition) is 7. The molecule has 0 unspecified atom stereocenters. The van der Waals surface area contributed by atoms with Crippen LogP contribution < -0.4 is 14.8 Å². The number of halogens is 1. The number of nitrogens with one attached hydrogen (secondary N) is 1. The van der Waals surface area contributed by atoms with Crippen LogP contribution in [-0.4, -0.2) is 38.3 Å². The highest BCUT2D eigenvalue weighted by atomic mass is 79.9. The maximum absolute atomic E-state index is 12.7. The average Bonchev–Trinajstić information content (AvgIpc) is 3.46. The van der Waals surface area contributed by atoms with Gasteiger partial charge in [-0.2, -0.15) is 0 Å². The second-order valence-electron chi connectivity index (χ2n) is 8.00. The number of phenols is 1. The van der Waals surface area contributed by atoms with Gasteiger partial charge in [0.25, 0.3) is 0 Å². The second kappa shape index (κ2) is 9.63. The average molecular weight is 553 g/mol. The lowest BCUT2D eigenvalue weighted by molar-refractivity contribution is -0.113. The molecule has 4 aromatic rings. The number of aromatic nitrogens is 3. The van der Waals surface area contributed by atoms with Gasteiger partial charge in [0.05, 0.1) is 17.0 Å². The highest BCUT2D eigenvalue weighted by molar-refractivity contribution is 9.10. The summed E-state index contributed by atoms with van der Waals surface area (Å²) in [5, 5.41) is 22.7. The van der Waals surface area contributed by atoms with Crippen molar-refractivity contribution in [3.63, 3.8) is 0 Å². The van der Waals surface area contributed by atoms with Crippen LogP contribution in [0.3, 0.4) is 0 Å². The number of benzene rings is 3. The number of rotatable bonds is 6. The predicted octanol–water partition coefficient (Wildman–Crippen LogP) is 5.48. The molecule has 3 aromatic carbocycles. The van der Waals surface area contributed by atoms with Crippen molar-refractivity contribution in [3.05, 3.63) is 70.2 Å². The van der Waals surface area contributed by atoms with Gasteiger partial charge in [-0.3, -0.25) is 9.36 Å². The molecule has 5 rings (SSSR count). The number of aryl methyl sites for hydroxylation is 2. The number of phenolic OH excluding ortho intramolecular Hbond substituents is 1. The van der Waals surface area contributed by atoms with Crippen LogP contribution in [0.1, 0.15) is 11.1 Å². The van der Waals surface area contributed by atoms with E-state index in [-0.39, 0.29) is 24.2 Å². The third-order valence-corrected chi connectivity index (χ3v) is 6.84. The molecular weight excluding hydrogens is 532 g/mol. The fraction of sp³-hybridized carbons (Fsp3) is 0.160. The number of thioether (sulfide) groups is 1. The Hall–Kier alpha value is -3.50. The van der Waals surface area contributed by atoms with E-state index in [0.717, 1.165) is 21.3 Å². The first-order valence-electron chi connectivity index (χ1n) is 10.7. The number of fused-ring (bicyclic) bond motifs is 1. The number of amides is 1. The van der Waals surface area contributed by atoms with Crippen molar-refractivity contribution in [1.82, 2.24) is 14.8 Å². The van der Waals surface area contributed by atoms with E-state index in [2.05, 4.69) is 37.5 Å². The molecule has 0 fully saturated rings. The Labute approximate surface area is 214 Å². The third-order valence-electron chi connectivity index (χ3n) is 5.41. The minimum Gasteiger partial charge on any atom is -0.507 e. The largest absolute Gasteiger partial charge is 0.507 e. The zero-order chi connectivity index (χ0) is 24.5. The zero-order valence-corrected chi connectivity index (χ0v) is 21.3. The first-order chi connectivity index (χ1) is 16.9. The quantitative estimate of drug-likeness (QED) is 0.305. The molecule has 0 saturated carbocycles. The van der Waals surface area contributed by atoms with E-state index in [1.807, 2.05) is 30.5 Å². The standard InChI is InChI=1S/C25H21BrN4O4S/c1-14-3-6-19(15(2)9-14)30-24(18-10-16(26)4-7-20(18)31)28-29-25(30)35-12-23(32)27-17-5-8-21-22(11-17)34-13-33-21/h3-11,31H,12-13H2,1-2H3,(H,27,32). The monoisotopic (exact) mass is 552 g/mol. The topological polar surface area (TPSA) is 98.5 Å². The van der Waals surface area contributed by atoms with Gasteiger partial charge in [-0.25, -0.2) is 0 Å². The van der Waals surface area contributed by atoms with E-state index < -0.39 is 0 Å². The molecule has 10 heteroatoms. The molecule has 0 radical (unpaired) electrons. The number of hydrogen-bond donors (Lipinski definition) is 2. The minimum absolute atomic E-state index is 0.0868. The van der Waals surface area contributed by atoms with E-state index >= 15 is 0 Å². The van der Waals surface area contributed by atoms with Gasteiger partial charge in [-0.15, -0.1) is 10.2 Å². The van der Waals surface area contributed by atoms with Gasteiger partial charge in [0.15, 0.2) is 22.5 Å². The first-order valence-corrected chi connectivity index (χ1v) is 12.5. The smallest absolute Gasteiger partial charge is 0.234 e. The van der Waals surface area contributed by atoms with Crippen LogP contribution in [-0.2, 0) is 4.79 Å². The molecule has 0 spiro atoms. The summed E-state index contributed by atoms with van der Waals surface area (Å²) < 4.78 is 13.4. The van der Waals surface area contributed by atoms with Crippen molar-refractivity contribution in [2.24, 2.45) is 0 Å². The number of carbonyl (C=O) groups is 1. The summed E-state index contributed by atoms with van der Waals surface area (Å²) in [7, 11) is 0. The highest BCUT2D eigenvalue weighted by Gasteiger charge is 2.21. The molecule has 1 amide bonds. The van der Waals surface area contributed by atoms with E-state index in [4.69, 9.17) is 9.47 Å². The van der Waals surface area contributed by atoms with Crippen molar-refractivity contribution < 1.29 is 19.4 Å². The molecule has 178 valence electrons. The van der Waals surface area contributed by atoms with Gasteiger partial charge >= 0.3 is 0 Å². The van der Waals surface area contributed by atoms with Crippen molar-refractivity contribution in [1.29, 1.82) is 0 Å². The molecule has 2 heterocycles. The van der Waals surface area contributed by atoms with Gasteiger partial charge in [0.1, 0.15) is 5.75 Å². The summed E-state index contributed by atoms with van der Waals surface area (Å²) in [4.78, 5) is 12.7. The van der Waals surface area contributed by atoms with Crippen molar-refractivity contribution in [2.45, 2.75) is 19.0 Å². The van der Waals surface area contributed by atoms with Gasteiger partial charge in [0.2, 0.25) is 12.7 Å². The van der Waals surface area contributed by atoms with Gasteiger partial charge in [0, 0.05) is 16.2 Å². The van der Waals surface area contributed by atoms with E-state index in [0.29, 0.717) is 33.7 Å². The van der Waals surface area contributed by atoms with Crippen LogP contribution in [0.2, 0.25) is 0 Å². The second-order valence-corrected chi connectivity index (χ2v) is 9.86. The number of aromatic hydroxyl groups is 1. The maximum Gasteiger partial charge on any atom is 0.234 e. The van der Waals surface area contributed by atoms with Crippen molar-refractivity contribution in [2.75, 3.05) is 17.9 Å². The SMILES string of the molecule is Cc1ccc(-n2c(SCC(=O)Nc3ccc4c(c3)OCO4)nnc2-c2cc(Br)ccc2O)c(C)c1. The number of ether oxygens (including phenoxy) is 2. The lowest BCUT2D eigenvalue weighted by atomic mass is 10.1. The normalized spacial score (nSPS) is 12.1. The molecule has 0 atom stereocenters. The lowest BCUT2D eigenvalue weighted by Crippen LogP contribution is -2.14. The van der Waals surface area contributed by atoms with E-state index in [1.54, 1.807) is 36.4 Å². The lowest BCUT2D eigenvalue weighted by Gasteiger charge is -2.14. The van der Waals surface area contributed by atoms with Crippen LogP contribution >= 0.6 is 27.7 Å². The highest BCUT2D eigenvalue weighted by Crippen LogP contribution is 2.36. The molecular formula is C25H21BrN4O4S. The number of anilines is 1. The minimum atomic E-state index is -0.198. The molecule has 1 aliphatic heterocycles. The van der Waals surface area contributed by atoms with Crippen LogP contribution in [0.5, 0.6) is 17.2 Å². The van der Waals surface area contributed by atoms with Crippen molar-refractivity contribution in [3.8, 4) is 34.3 Å². The first kappa shape index (κ1) is 23.3. The molecule has 8 nitrogen and oxygen atoms in total. The number of carbonyl (C=O) groups excluding carboxylic acids is 1. The van der Waals surface area contributed by atoms with Crippen LogP contribution in [0.4, 0.5) is 5.69 Å². The number of nitrogens with zero attached hydrogens (tertiary/aromatic N) is 3. The Kier molecular flexibility index (Phi) is 6.40. The fourth-order valence-electron chi connectivity index (χ4n) is 3.80.